The Morgan fingerprint density at radius 3 is 2.29 bits per heavy atom. The van der Waals surface area contributed by atoms with E-state index in [-0.39, 0.29) is 6.61 Å². The van der Waals surface area contributed by atoms with Gasteiger partial charge in [0.1, 0.15) is 5.82 Å². The molecule has 1 aromatic heterocycles. The van der Waals surface area contributed by atoms with Crippen LogP contribution in [0, 0.1) is 13.8 Å². The molecule has 0 unspecified atom stereocenters. The fraction of sp³-hybridized carbons (Fsp3) is 0.304. The monoisotopic (exact) mass is 374 g/mol. The number of hydrogen-bond donors (Lipinski definition) is 1. The van der Waals surface area contributed by atoms with Crippen molar-refractivity contribution in [3.8, 4) is 11.3 Å². The maximum absolute atomic E-state index is 9.21. The summed E-state index contributed by atoms with van der Waals surface area (Å²) >= 11 is 0. The molecule has 4 rings (SSSR count). The Morgan fingerprint density at radius 1 is 0.893 bits per heavy atom. The highest BCUT2D eigenvalue weighted by molar-refractivity contribution is 5.61. The van der Waals surface area contributed by atoms with Gasteiger partial charge in [-0.2, -0.15) is 0 Å². The first kappa shape index (κ1) is 18.4. The molecule has 2 heterocycles. The van der Waals surface area contributed by atoms with Crippen molar-refractivity contribution in [1.82, 2.24) is 9.97 Å². The average molecular weight is 374 g/mol. The Bertz CT molecular complexity index is 947. The zero-order chi connectivity index (χ0) is 19.5. The van der Waals surface area contributed by atoms with Gasteiger partial charge in [0.15, 0.2) is 0 Å². The number of nitrogens with zero attached hydrogens (tertiary/aromatic N) is 4. The van der Waals surface area contributed by atoms with Crippen LogP contribution in [-0.4, -0.2) is 41.3 Å². The molecule has 5 heteroatoms. The first-order chi connectivity index (χ1) is 13.6. The van der Waals surface area contributed by atoms with Crippen molar-refractivity contribution in [2.24, 2.45) is 0 Å². The zero-order valence-electron chi connectivity index (χ0n) is 16.5. The van der Waals surface area contributed by atoms with Gasteiger partial charge in [-0.05, 0) is 31.0 Å². The van der Waals surface area contributed by atoms with Crippen molar-refractivity contribution in [2.45, 2.75) is 20.5 Å². The van der Waals surface area contributed by atoms with Gasteiger partial charge in [0, 0.05) is 37.4 Å². The minimum absolute atomic E-state index is 0.0523. The Kier molecular flexibility index (Phi) is 5.26. The fourth-order valence-corrected chi connectivity index (χ4v) is 3.76. The molecule has 1 N–H and O–H groups in total. The molecule has 1 aliphatic heterocycles. The van der Waals surface area contributed by atoms with Crippen LogP contribution in [-0.2, 0) is 6.61 Å². The summed E-state index contributed by atoms with van der Waals surface area (Å²) in [6, 6.07) is 14.5. The van der Waals surface area contributed by atoms with Gasteiger partial charge >= 0.3 is 0 Å². The molecule has 28 heavy (non-hydrogen) atoms. The molecule has 3 aromatic rings. The SMILES string of the molecule is Cc1ccc(N2CCN(c3cncc(-c4ccc(CO)cc4)n3)CC2)c(C)c1. The van der Waals surface area contributed by atoms with Crippen molar-refractivity contribution in [2.75, 3.05) is 36.0 Å². The van der Waals surface area contributed by atoms with Crippen molar-refractivity contribution in [1.29, 1.82) is 0 Å². The highest BCUT2D eigenvalue weighted by Gasteiger charge is 2.20. The van der Waals surface area contributed by atoms with E-state index in [9.17, 15) is 5.11 Å². The van der Waals surface area contributed by atoms with Crippen molar-refractivity contribution < 1.29 is 5.11 Å². The van der Waals surface area contributed by atoms with Crippen LogP contribution < -0.4 is 9.80 Å². The Balaban J connectivity index is 1.47. The molecule has 2 aromatic carbocycles. The lowest BCUT2D eigenvalue weighted by Crippen LogP contribution is -2.47. The standard InChI is InChI=1S/C23H26N4O/c1-17-3-8-22(18(2)13-17)26-9-11-27(12-10-26)23-15-24-14-21(25-23)20-6-4-19(16-28)5-7-20/h3-8,13-15,28H,9-12,16H2,1-2H3. The van der Waals surface area contributed by atoms with Gasteiger partial charge in [0.2, 0.25) is 0 Å². The second-order valence-electron chi connectivity index (χ2n) is 7.38. The molecule has 1 fully saturated rings. The van der Waals surface area contributed by atoms with E-state index in [1.807, 2.05) is 30.5 Å². The molecule has 0 amide bonds. The minimum Gasteiger partial charge on any atom is -0.392 e. The quantitative estimate of drug-likeness (QED) is 0.756. The summed E-state index contributed by atoms with van der Waals surface area (Å²) in [5.41, 5.74) is 6.74. The predicted molar refractivity (Wildman–Crippen MR) is 114 cm³/mol. The summed E-state index contributed by atoms with van der Waals surface area (Å²) in [4.78, 5) is 14.0. The van der Waals surface area contributed by atoms with Crippen LogP contribution in [0.2, 0.25) is 0 Å². The number of hydrogen-bond acceptors (Lipinski definition) is 5. The molecule has 144 valence electrons. The van der Waals surface area contributed by atoms with Crippen LogP contribution in [0.5, 0.6) is 0 Å². The van der Waals surface area contributed by atoms with E-state index in [4.69, 9.17) is 4.98 Å². The highest BCUT2D eigenvalue weighted by atomic mass is 16.3. The normalized spacial score (nSPS) is 14.4. The van der Waals surface area contributed by atoms with Gasteiger partial charge in [-0.15, -0.1) is 0 Å². The lowest BCUT2D eigenvalue weighted by molar-refractivity contribution is 0.282. The van der Waals surface area contributed by atoms with Crippen LogP contribution in [0.1, 0.15) is 16.7 Å². The molecule has 0 atom stereocenters. The second kappa shape index (κ2) is 7.98. The number of rotatable bonds is 4. The topological polar surface area (TPSA) is 52.5 Å². The van der Waals surface area contributed by atoms with E-state index in [2.05, 4.69) is 46.8 Å². The van der Waals surface area contributed by atoms with Crippen molar-refractivity contribution in [3.05, 3.63) is 71.5 Å². The molecule has 5 nitrogen and oxygen atoms in total. The molecule has 0 saturated carbocycles. The number of aliphatic hydroxyl groups is 1. The van der Waals surface area contributed by atoms with Gasteiger partial charge in [-0.1, -0.05) is 42.0 Å². The van der Waals surface area contributed by atoms with Crippen molar-refractivity contribution in [3.63, 3.8) is 0 Å². The van der Waals surface area contributed by atoms with Crippen LogP contribution >= 0.6 is 0 Å². The number of aryl methyl sites for hydroxylation is 2. The highest BCUT2D eigenvalue weighted by Crippen LogP contribution is 2.25. The van der Waals surface area contributed by atoms with E-state index in [0.29, 0.717) is 0 Å². The van der Waals surface area contributed by atoms with Crippen molar-refractivity contribution >= 4 is 11.5 Å². The van der Waals surface area contributed by atoms with E-state index < -0.39 is 0 Å². The van der Waals surface area contributed by atoms with E-state index in [1.165, 1.54) is 16.8 Å². The van der Waals surface area contributed by atoms with E-state index >= 15 is 0 Å². The molecule has 1 aliphatic rings. The van der Waals surface area contributed by atoms with Crippen LogP contribution in [0.4, 0.5) is 11.5 Å². The largest absolute Gasteiger partial charge is 0.392 e. The van der Waals surface area contributed by atoms with Crippen LogP contribution in [0.15, 0.2) is 54.9 Å². The smallest absolute Gasteiger partial charge is 0.147 e. The number of piperazine rings is 1. The molecule has 0 aliphatic carbocycles. The number of benzene rings is 2. The van der Waals surface area contributed by atoms with E-state index in [0.717, 1.165) is 48.8 Å². The summed E-state index contributed by atoms with van der Waals surface area (Å²) in [5.74, 6) is 0.920. The molecular formula is C23H26N4O. The number of aromatic nitrogens is 2. The Hall–Kier alpha value is -2.92. The molecule has 1 saturated heterocycles. The molecule has 0 bridgehead atoms. The third-order valence-corrected chi connectivity index (χ3v) is 5.35. The van der Waals surface area contributed by atoms with E-state index in [1.54, 1.807) is 6.20 Å². The zero-order valence-corrected chi connectivity index (χ0v) is 16.5. The molecule has 0 spiro atoms. The third kappa shape index (κ3) is 3.85. The molecule has 0 radical (unpaired) electrons. The Morgan fingerprint density at radius 2 is 1.61 bits per heavy atom. The predicted octanol–water partition coefficient (Wildman–Crippen LogP) is 3.58. The summed E-state index contributed by atoms with van der Waals surface area (Å²) in [5, 5.41) is 9.21. The van der Waals surface area contributed by atoms with Gasteiger partial charge in [0.05, 0.1) is 24.7 Å². The average Bonchev–Trinajstić information content (AvgIpc) is 2.74. The Labute approximate surface area is 166 Å². The van der Waals surface area contributed by atoms with Gasteiger partial charge in [-0.25, -0.2) is 4.98 Å². The summed E-state index contributed by atoms with van der Waals surface area (Å²) in [6.07, 6.45) is 3.64. The summed E-state index contributed by atoms with van der Waals surface area (Å²) < 4.78 is 0. The fourth-order valence-electron chi connectivity index (χ4n) is 3.76. The lowest BCUT2D eigenvalue weighted by Gasteiger charge is -2.37. The second-order valence-corrected chi connectivity index (χ2v) is 7.38. The van der Waals surface area contributed by atoms with Crippen LogP contribution in [0.25, 0.3) is 11.3 Å². The third-order valence-electron chi connectivity index (χ3n) is 5.35. The maximum Gasteiger partial charge on any atom is 0.147 e. The van der Waals surface area contributed by atoms with Gasteiger partial charge < -0.3 is 14.9 Å². The summed E-state index contributed by atoms with van der Waals surface area (Å²) in [7, 11) is 0. The first-order valence-corrected chi connectivity index (χ1v) is 9.73. The number of anilines is 2. The maximum atomic E-state index is 9.21. The minimum atomic E-state index is 0.0523. The van der Waals surface area contributed by atoms with Gasteiger partial charge in [-0.3, -0.25) is 4.98 Å². The van der Waals surface area contributed by atoms with Crippen LogP contribution in [0.3, 0.4) is 0 Å². The summed E-state index contributed by atoms with van der Waals surface area (Å²) in [6.45, 7) is 8.17. The lowest BCUT2D eigenvalue weighted by atomic mass is 10.1. The number of aliphatic hydroxyl groups excluding tert-OH is 1. The van der Waals surface area contributed by atoms with Gasteiger partial charge in [0.25, 0.3) is 0 Å². The first-order valence-electron chi connectivity index (χ1n) is 9.73. The molecular weight excluding hydrogens is 348 g/mol.